The second kappa shape index (κ2) is 4.28. The Labute approximate surface area is 89.5 Å². The van der Waals surface area contributed by atoms with Crippen LogP contribution in [0.4, 0.5) is 0 Å². The average Bonchev–Trinajstić information content (AvgIpc) is 2.04. The highest BCUT2D eigenvalue weighted by Gasteiger charge is 2.21. The second-order valence-electron chi connectivity index (χ2n) is 4.23. The van der Waals surface area contributed by atoms with Crippen molar-refractivity contribution in [3.05, 3.63) is 35.9 Å². The molecule has 0 aliphatic rings. The molecule has 72 valence electrons. The molecule has 1 rings (SSSR count). The van der Waals surface area contributed by atoms with Crippen molar-refractivity contribution in [2.24, 2.45) is 0 Å². The first-order valence-electron chi connectivity index (χ1n) is 4.72. The molecule has 13 heavy (non-hydrogen) atoms. The molecule has 1 unspecified atom stereocenters. The summed E-state index contributed by atoms with van der Waals surface area (Å²) >= 11 is 3.61. The third kappa shape index (κ3) is 3.15. The summed E-state index contributed by atoms with van der Waals surface area (Å²) in [5.74, 6) is 0. The van der Waals surface area contributed by atoms with E-state index in [2.05, 4.69) is 67.0 Å². The molecular formula is C12H17Br. The standard InChI is InChI=1S/C12H17Br/c1-10(13)9-12(2,3)11-7-5-4-6-8-11/h4-8,10H,9H2,1-3H3. The third-order valence-electron chi connectivity index (χ3n) is 2.35. The number of hydrogen-bond acceptors (Lipinski definition) is 0. The number of halogens is 1. The quantitative estimate of drug-likeness (QED) is 0.698. The van der Waals surface area contributed by atoms with Gasteiger partial charge in [-0.25, -0.2) is 0 Å². The summed E-state index contributed by atoms with van der Waals surface area (Å²) in [7, 11) is 0. The number of hydrogen-bond donors (Lipinski definition) is 0. The van der Waals surface area contributed by atoms with Gasteiger partial charge in [-0.1, -0.05) is 67.0 Å². The van der Waals surface area contributed by atoms with Crippen LogP contribution in [0.25, 0.3) is 0 Å². The van der Waals surface area contributed by atoms with Crippen LogP contribution in [0, 0.1) is 0 Å². The zero-order valence-corrected chi connectivity index (χ0v) is 10.1. The minimum atomic E-state index is 0.268. The Bertz CT molecular complexity index is 249. The monoisotopic (exact) mass is 240 g/mol. The summed E-state index contributed by atoms with van der Waals surface area (Å²) < 4.78 is 0. The predicted molar refractivity (Wildman–Crippen MR) is 62.5 cm³/mol. The van der Waals surface area contributed by atoms with Crippen LogP contribution in [0.15, 0.2) is 30.3 Å². The molecule has 0 radical (unpaired) electrons. The summed E-state index contributed by atoms with van der Waals surface area (Å²) in [5, 5.41) is 0. The Morgan fingerprint density at radius 2 is 1.77 bits per heavy atom. The minimum Gasteiger partial charge on any atom is -0.0893 e. The van der Waals surface area contributed by atoms with E-state index in [1.54, 1.807) is 0 Å². The Hall–Kier alpha value is -0.300. The fourth-order valence-electron chi connectivity index (χ4n) is 1.71. The van der Waals surface area contributed by atoms with Crippen LogP contribution < -0.4 is 0 Å². The van der Waals surface area contributed by atoms with Gasteiger partial charge in [0, 0.05) is 4.83 Å². The molecule has 0 aromatic heterocycles. The van der Waals surface area contributed by atoms with Crippen LogP contribution in [0.1, 0.15) is 32.8 Å². The third-order valence-corrected chi connectivity index (χ3v) is 2.67. The Morgan fingerprint density at radius 3 is 2.23 bits per heavy atom. The summed E-state index contributed by atoms with van der Waals surface area (Å²) in [4.78, 5) is 0.572. The van der Waals surface area contributed by atoms with Crippen molar-refractivity contribution >= 4 is 15.9 Å². The number of rotatable bonds is 3. The molecule has 1 heteroatoms. The number of alkyl halides is 1. The van der Waals surface area contributed by atoms with E-state index in [-0.39, 0.29) is 5.41 Å². The van der Waals surface area contributed by atoms with Crippen molar-refractivity contribution < 1.29 is 0 Å². The molecule has 0 nitrogen and oxygen atoms in total. The lowest BCUT2D eigenvalue weighted by atomic mass is 9.81. The predicted octanol–water partition coefficient (Wildman–Crippen LogP) is 4.14. The highest BCUT2D eigenvalue weighted by atomic mass is 79.9. The van der Waals surface area contributed by atoms with Gasteiger partial charge in [-0.2, -0.15) is 0 Å². The van der Waals surface area contributed by atoms with Crippen molar-refractivity contribution in [3.63, 3.8) is 0 Å². The van der Waals surface area contributed by atoms with Gasteiger partial charge in [-0.3, -0.25) is 0 Å². The fourth-order valence-corrected chi connectivity index (χ4v) is 2.52. The van der Waals surface area contributed by atoms with Gasteiger partial charge in [0.05, 0.1) is 0 Å². The molecule has 0 aliphatic heterocycles. The van der Waals surface area contributed by atoms with Gasteiger partial charge in [-0.15, -0.1) is 0 Å². The highest BCUT2D eigenvalue weighted by Crippen LogP contribution is 2.29. The van der Waals surface area contributed by atoms with E-state index < -0.39 is 0 Å². The van der Waals surface area contributed by atoms with Crippen LogP contribution in [0.3, 0.4) is 0 Å². The maximum atomic E-state index is 3.61. The Balaban J connectivity index is 2.81. The van der Waals surface area contributed by atoms with Crippen LogP contribution in [0.5, 0.6) is 0 Å². The van der Waals surface area contributed by atoms with Crippen molar-refractivity contribution in [1.82, 2.24) is 0 Å². The molecule has 0 aliphatic carbocycles. The molecule has 0 N–H and O–H groups in total. The van der Waals surface area contributed by atoms with Crippen molar-refractivity contribution in [2.45, 2.75) is 37.4 Å². The van der Waals surface area contributed by atoms with E-state index in [9.17, 15) is 0 Å². The molecular weight excluding hydrogens is 224 g/mol. The molecule has 0 heterocycles. The molecule has 1 aromatic rings. The van der Waals surface area contributed by atoms with Gasteiger partial charge in [0.25, 0.3) is 0 Å². The van der Waals surface area contributed by atoms with E-state index >= 15 is 0 Å². The van der Waals surface area contributed by atoms with Gasteiger partial charge in [-0.05, 0) is 17.4 Å². The molecule has 1 aromatic carbocycles. The second-order valence-corrected chi connectivity index (χ2v) is 5.80. The van der Waals surface area contributed by atoms with E-state index in [0.717, 1.165) is 6.42 Å². The lowest BCUT2D eigenvalue weighted by molar-refractivity contribution is 0.482. The van der Waals surface area contributed by atoms with Crippen LogP contribution in [-0.2, 0) is 5.41 Å². The van der Waals surface area contributed by atoms with Gasteiger partial charge in [0.15, 0.2) is 0 Å². The average molecular weight is 241 g/mol. The molecule has 1 atom stereocenters. The largest absolute Gasteiger partial charge is 0.0893 e. The summed E-state index contributed by atoms with van der Waals surface area (Å²) in [5.41, 5.74) is 1.69. The fraction of sp³-hybridized carbons (Fsp3) is 0.500. The van der Waals surface area contributed by atoms with Crippen molar-refractivity contribution in [2.75, 3.05) is 0 Å². The highest BCUT2D eigenvalue weighted by molar-refractivity contribution is 9.09. The molecule has 0 bridgehead atoms. The summed E-state index contributed by atoms with van der Waals surface area (Å²) in [6.07, 6.45) is 1.16. The first-order chi connectivity index (χ1) is 6.02. The topological polar surface area (TPSA) is 0 Å². The van der Waals surface area contributed by atoms with Crippen molar-refractivity contribution in [3.8, 4) is 0 Å². The van der Waals surface area contributed by atoms with Crippen LogP contribution in [-0.4, -0.2) is 4.83 Å². The van der Waals surface area contributed by atoms with Crippen molar-refractivity contribution in [1.29, 1.82) is 0 Å². The first-order valence-corrected chi connectivity index (χ1v) is 5.63. The van der Waals surface area contributed by atoms with E-state index in [0.29, 0.717) is 4.83 Å². The normalized spacial score (nSPS) is 14.2. The molecule has 0 saturated carbocycles. The zero-order chi connectivity index (χ0) is 9.90. The van der Waals surface area contributed by atoms with E-state index in [1.165, 1.54) is 5.56 Å². The summed E-state index contributed by atoms with van der Waals surface area (Å²) in [6.45, 7) is 6.78. The zero-order valence-electron chi connectivity index (χ0n) is 8.55. The molecule has 0 amide bonds. The van der Waals surface area contributed by atoms with Gasteiger partial charge in [0.2, 0.25) is 0 Å². The van der Waals surface area contributed by atoms with E-state index in [4.69, 9.17) is 0 Å². The molecule has 0 spiro atoms. The maximum Gasteiger partial charge on any atom is 0.0125 e. The van der Waals surface area contributed by atoms with Gasteiger partial charge >= 0.3 is 0 Å². The van der Waals surface area contributed by atoms with E-state index in [1.807, 2.05) is 0 Å². The smallest absolute Gasteiger partial charge is 0.0125 e. The van der Waals surface area contributed by atoms with Crippen LogP contribution in [0.2, 0.25) is 0 Å². The maximum absolute atomic E-state index is 3.61. The SMILES string of the molecule is CC(Br)CC(C)(C)c1ccccc1. The van der Waals surface area contributed by atoms with Crippen LogP contribution >= 0.6 is 15.9 Å². The number of benzene rings is 1. The minimum absolute atomic E-state index is 0.268. The summed E-state index contributed by atoms with van der Waals surface area (Å²) in [6, 6.07) is 10.7. The first kappa shape index (κ1) is 10.8. The lowest BCUT2D eigenvalue weighted by Gasteiger charge is -2.26. The lowest BCUT2D eigenvalue weighted by Crippen LogP contribution is -2.20. The molecule has 0 fully saturated rings. The Kier molecular flexibility index (Phi) is 3.55. The molecule has 0 saturated heterocycles. The Morgan fingerprint density at radius 1 is 1.23 bits per heavy atom. The van der Waals surface area contributed by atoms with Gasteiger partial charge < -0.3 is 0 Å². The van der Waals surface area contributed by atoms with Gasteiger partial charge in [0.1, 0.15) is 0 Å².